The zero-order valence-electron chi connectivity index (χ0n) is 12.3. The molecule has 0 aromatic heterocycles. The molecule has 1 aromatic carbocycles. The van der Waals surface area contributed by atoms with Crippen molar-refractivity contribution in [2.24, 2.45) is 5.92 Å². The summed E-state index contributed by atoms with van der Waals surface area (Å²) in [5.41, 5.74) is 0.982. The van der Waals surface area contributed by atoms with Crippen LogP contribution >= 0.6 is 15.9 Å². The Morgan fingerprint density at radius 1 is 1.29 bits per heavy atom. The highest BCUT2D eigenvalue weighted by atomic mass is 79.9. The van der Waals surface area contributed by atoms with Crippen LogP contribution in [0.3, 0.4) is 0 Å². The van der Waals surface area contributed by atoms with Gasteiger partial charge in [-0.15, -0.1) is 0 Å². The SMILES string of the molecule is COC(=O)[C@@H]1CC[C@H](C)N(C(=O)Cc2ccc(Br)cc2)C1. The third-order valence-corrected chi connectivity index (χ3v) is 4.53. The number of ether oxygens (including phenoxy) is 1. The van der Waals surface area contributed by atoms with Gasteiger partial charge in [-0.3, -0.25) is 9.59 Å². The van der Waals surface area contributed by atoms with Crippen molar-refractivity contribution in [3.63, 3.8) is 0 Å². The summed E-state index contributed by atoms with van der Waals surface area (Å²) in [6.07, 6.45) is 1.99. The largest absolute Gasteiger partial charge is 0.469 e. The van der Waals surface area contributed by atoms with E-state index in [1.54, 1.807) is 0 Å². The van der Waals surface area contributed by atoms with Gasteiger partial charge in [-0.2, -0.15) is 0 Å². The molecule has 4 nitrogen and oxygen atoms in total. The van der Waals surface area contributed by atoms with Gasteiger partial charge in [0.25, 0.3) is 0 Å². The van der Waals surface area contributed by atoms with Crippen molar-refractivity contribution in [1.82, 2.24) is 4.90 Å². The van der Waals surface area contributed by atoms with Crippen molar-refractivity contribution in [1.29, 1.82) is 0 Å². The van der Waals surface area contributed by atoms with Gasteiger partial charge in [-0.1, -0.05) is 28.1 Å². The summed E-state index contributed by atoms with van der Waals surface area (Å²) < 4.78 is 5.80. The predicted octanol–water partition coefficient (Wildman–Crippen LogP) is 2.79. The Morgan fingerprint density at radius 2 is 1.95 bits per heavy atom. The lowest BCUT2D eigenvalue weighted by molar-refractivity contribution is -0.150. The molecule has 1 amide bonds. The van der Waals surface area contributed by atoms with Crippen LogP contribution in [0.1, 0.15) is 25.3 Å². The van der Waals surface area contributed by atoms with E-state index in [1.165, 1.54) is 7.11 Å². The number of carbonyl (C=O) groups excluding carboxylic acids is 2. The summed E-state index contributed by atoms with van der Waals surface area (Å²) in [6, 6.07) is 7.91. The number of rotatable bonds is 3. The van der Waals surface area contributed by atoms with E-state index in [0.29, 0.717) is 13.0 Å². The van der Waals surface area contributed by atoms with E-state index in [0.717, 1.165) is 22.9 Å². The van der Waals surface area contributed by atoms with Gasteiger partial charge >= 0.3 is 5.97 Å². The van der Waals surface area contributed by atoms with Gasteiger partial charge in [0.1, 0.15) is 0 Å². The first kappa shape index (κ1) is 16.0. The average Bonchev–Trinajstić information content (AvgIpc) is 2.49. The van der Waals surface area contributed by atoms with Crippen molar-refractivity contribution >= 4 is 27.8 Å². The molecule has 0 radical (unpaired) electrons. The maximum Gasteiger partial charge on any atom is 0.310 e. The smallest absolute Gasteiger partial charge is 0.310 e. The number of halogens is 1. The van der Waals surface area contributed by atoms with Crippen LogP contribution in [0.4, 0.5) is 0 Å². The molecule has 2 atom stereocenters. The Kier molecular flexibility index (Phi) is 5.39. The summed E-state index contributed by atoms with van der Waals surface area (Å²) in [6.45, 7) is 2.50. The molecule has 1 fully saturated rings. The maximum atomic E-state index is 12.5. The van der Waals surface area contributed by atoms with E-state index >= 15 is 0 Å². The van der Waals surface area contributed by atoms with Gasteiger partial charge in [0, 0.05) is 17.1 Å². The molecule has 0 spiro atoms. The molecule has 1 heterocycles. The third kappa shape index (κ3) is 4.06. The molecule has 1 aliphatic rings. The second-order valence-corrected chi connectivity index (χ2v) is 6.41. The van der Waals surface area contributed by atoms with Crippen LogP contribution in [0.2, 0.25) is 0 Å². The van der Waals surface area contributed by atoms with E-state index in [9.17, 15) is 9.59 Å². The number of hydrogen-bond acceptors (Lipinski definition) is 3. The van der Waals surface area contributed by atoms with Gasteiger partial charge in [0.15, 0.2) is 0 Å². The summed E-state index contributed by atoms with van der Waals surface area (Å²) in [7, 11) is 1.40. The Balaban J connectivity index is 2.02. The minimum atomic E-state index is -0.219. The molecular formula is C16H20BrNO3. The Hall–Kier alpha value is -1.36. The Bertz CT molecular complexity index is 515. The second kappa shape index (κ2) is 7.07. The number of methoxy groups -OCH3 is 1. The molecule has 2 rings (SSSR count). The number of nitrogens with zero attached hydrogens (tertiary/aromatic N) is 1. The highest BCUT2D eigenvalue weighted by molar-refractivity contribution is 9.10. The molecule has 0 aliphatic carbocycles. The summed E-state index contributed by atoms with van der Waals surface area (Å²) in [5.74, 6) is -0.346. The molecule has 0 bridgehead atoms. The second-order valence-electron chi connectivity index (χ2n) is 5.50. The zero-order valence-corrected chi connectivity index (χ0v) is 13.9. The number of benzene rings is 1. The highest BCUT2D eigenvalue weighted by Gasteiger charge is 2.32. The number of likely N-dealkylation sites (tertiary alicyclic amines) is 1. The molecule has 0 N–H and O–H groups in total. The van der Waals surface area contributed by atoms with E-state index in [4.69, 9.17) is 4.74 Å². The zero-order chi connectivity index (χ0) is 15.4. The Morgan fingerprint density at radius 3 is 2.57 bits per heavy atom. The van der Waals surface area contributed by atoms with Crippen LogP contribution in [0.5, 0.6) is 0 Å². The molecule has 0 saturated carbocycles. The number of piperidine rings is 1. The van der Waals surface area contributed by atoms with Crippen LogP contribution < -0.4 is 0 Å². The predicted molar refractivity (Wildman–Crippen MR) is 83.8 cm³/mol. The molecule has 0 unspecified atom stereocenters. The van der Waals surface area contributed by atoms with Gasteiger partial charge in [-0.25, -0.2) is 0 Å². The average molecular weight is 354 g/mol. The van der Waals surface area contributed by atoms with Crippen LogP contribution in [-0.4, -0.2) is 36.5 Å². The lowest BCUT2D eigenvalue weighted by atomic mass is 9.93. The van der Waals surface area contributed by atoms with Crippen LogP contribution in [0.15, 0.2) is 28.7 Å². The molecule has 114 valence electrons. The quantitative estimate of drug-likeness (QED) is 0.785. The minimum absolute atomic E-state index is 0.0680. The number of esters is 1. The highest BCUT2D eigenvalue weighted by Crippen LogP contribution is 2.24. The molecular weight excluding hydrogens is 334 g/mol. The van der Waals surface area contributed by atoms with Gasteiger partial charge in [-0.05, 0) is 37.5 Å². The lowest BCUT2D eigenvalue weighted by Gasteiger charge is -2.37. The fourth-order valence-electron chi connectivity index (χ4n) is 2.69. The Labute approximate surface area is 133 Å². The molecule has 1 saturated heterocycles. The van der Waals surface area contributed by atoms with Crippen molar-refractivity contribution in [3.8, 4) is 0 Å². The number of hydrogen-bond donors (Lipinski definition) is 0. The van der Waals surface area contributed by atoms with Crippen molar-refractivity contribution in [2.45, 2.75) is 32.2 Å². The fraction of sp³-hybridized carbons (Fsp3) is 0.500. The summed E-state index contributed by atoms with van der Waals surface area (Å²) in [4.78, 5) is 26.0. The fourth-order valence-corrected chi connectivity index (χ4v) is 2.96. The lowest BCUT2D eigenvalue weighted by Crippen LogP contribution is -2.48. The first-order valence-electron chi connectivity index (χ1n) is 7.13. The van der Waals surface area contributed by atoms with Crippen molar-refractivity contribution in [2.75, 3.05) is 13.7 Å². The first-order chi connectivity index (χ1) is 10.0. The van der Waals surface area contributed by atoms with Crippen molar-refractivity contribution in [3.05, 3.63) is 34.3 Å². The van der Waals surface area contributed by atoms with E-state index in [1.807, 2.05) is 36.1 Å². The van der Waals surface area contributed by atoms with Crippen LogP contribution in [-0.2, 0) is 20.7 Å². The molecule has 1 aromatic rings. The topological polar surface area (TPSA) is 46.6 Å². The standard InChI is InChI=1S/C16H20BrNO3/c1-11-3-6-13(16(20)21-2)10-18(11)15(19)9-12-4-7-14(17)8-5-12/h4-5,7-8,11,13H,3,6,9-10H2,1-2H3/t11-,13+/m0/s1. The monoisotopic (exact) mass is 353 g/mol. The molecule has 5 heteroatoms. The summed E-state index contributed by atoms with van der Waals surface area (Å²) in [5, 5.41) is 0. The number of amides is 1. The van der Waals surface area contributed by atoms with Crippen LogP contribution in [0, 0.1) is 5.92 Å². The maximum absolute atomic E-state index is 12.5. The molecule has 1 aliphatic heterocycles. The van der Waals surface area contributed by atoms with Gasteiger partial charge < -0.3 is 9.64 Å². The summed E-state index contributed by atoms with van der Waals surface area (Å²) >= 11 is 3.38. The van der Waals surface area contributed by atoms with Crippen LogP contribution in [0.25, 0.3) is 0 Å². The molecule has 21 heavy (non-hydrogen) atoms. The van der Waals surface area contributed by atoms with E-state index < -0.39 is 0 Å². The third-order valence-electron chi connectivity index (χ3n) is 4.01. The van der Waals surface area contributed by atoms with Crippen molar-refractivity contribution < 1.29 is 14.3 Å². The minimum Gasteiger partial charge on any atom is -0.469 e. The normalized spacial score (nSPS) is 22.0. The van der Waals surface area contributed by atoms with Gasteiger partial charge in [0.2, 0.25) is 5.91 Å². The van der Waals surface area contributed by atoms with Gasteiger partial charge in [0.05, 0.1) is 19.4 Å². The van der Waals surface area contributed by atoms with E-state index in [-0.39, 0.29) is 23.8 Å². The first-order valence-corrected chi connectivity index (χ1v) is 7.92. The number of carbonyl (C=O) groups is 2. The van der Waals surface area contributed by atoms with E-state index in [2.05, 4.69) is 15.9 Å².